The number of aryl methyl sites for hydroxylation is 1. The molecule has 2 aromatic rings. The van der Waals surface area contributed by atoms with E-state index in [4.69, 9.17) is 12.2 Å². The third kappa shape index (κ3) is 3.29. The standard InChI is InChI=1S/C20H14BrN3O3S2/c1-10-5-3-4-6-12(10)17(25)22-24-19(27)16(29-20(24)28)15-13-9-11(21)7-8-14(13)23(2)18(15)26/h3-9H,1-2H3,(H,22,25)/b16-15+. The van der Waals surface area contributed by atoms with Crippen LogP contribution in [0.4, 0.5) is 5.69 Å². The van der Waals surface area contributed by atoms with Crippen LogP contribution in [0.1, 0.15) is 21.5 Å². The van der Waals surface area contributed by atoms with Crippen molar-refractivity contribution in [2.24, 2.45) is 0 Å². The van der Waals surface area contributed by atoms with Crippen LogP contribution in [0.5, 0.6) is 0 Å². The zero-order valence-corrected chi connectivity index (χ0v) is 18.6. The summed E-state index contributed by atoms with van der Waals surface area (Å²) < 4.78 is 0.957. The zero-order chi connectivity index (χ0) is 20.9. The maximum Gasteiger partial charge on any atom is 0.286 e. The molecule has 0 radical (unpaired) electrons. The minimum Gasteiger partial charge on any atom is -0.311 e. The van der Waals surface area contributed by atoms with Gasteiger partial charge < -0.3 is 4.90 Å². The van der Waals surface area contributed by atoms with Gasteiger partial charge in [-0.1, -0.05) is 45.9 Å². The van der Waals surface area contributed by atoms with Crippen LogP contribution in [0.15, 0.2) is 51.8 Å². The average molecular weight is 488 g/mol. The van der Waals surface area contributed by atoms with E-state index in [1.165, 1.54) is 4.90 Å². The smallest absolute Gasteiger partial charge is 0.286 e. The van der Waals surface area contributed by atoms with Crippen molar-refractivity contribution < 1.29 is 14.4 Å². The summed E-state index contributed by atoms with van der Waals surface area (Å²) in [5.74, 6) is -1.25. The van der Waals surface area contributed by atoms with E-state index < -0.39 is 11.8 Å². The van der Waals surface area contributed by atoms with Gasteiger partial charge in [0.2, 0.25) is 0 Å². The molecule has 2 heterocycles. The maximum atomic E-state index is 13.1. The van der Waals surface area contributed by atoms with E-state index in [1.54, 1.807) is 25.2 Å². The van der Waals surface area contributed by atoms with Crippen LogP contribution in [-0.2, 0) is 9.59 Å². The van der Waals surface area contributed by atoms with Crippen molar-refractivity contribution in [1.82, 2.24) is 10.4 Å². The molecule has 0 unspecified atom stereocenters. The quantitative estimate of drug-likeness (QED) is 0.517. The van der Waals surface area contributed by atoms with Crippen LogP contribution < -0.4 is 10.3 Å². The number of anilines is 1. The fourth-order valence-corrected chi connectivity index (χ4v) is 4.83. The van der Waals surface area contributed by atoms with E-state index in [0.717, 1.165) is 26.8 Å². The molecule has 0 bridgehead atoms. The predicted octanol–water partition coefficient (Wildman–Crippen LogP) is 3.65. The fraction of sp³-hybridized carbons (Fsp3) is 0.100. The van der Waals surface area contributed by atoms with E-state index in [9.17, 15) is 14.4 Å². The first-order valence-corrected chi connectivity index (χ1v) is 10.6. The zero-order valence-electron chi connectivity index (χ0n) is 15.4. The topological polar surface area (TPSA) is 69.7 Å². The Morgan fingerprint density at radius 2 is 1.86 bits per heavy atom. The van der Waals surface area contributed by atoms with Crippen molar-refractivity contribution in [2.45, 2.75) is 6.92 Å². The molecule has 2 aromatic carbocycles. The molecule has 2 aliphatic heterocycles. The molecule has 29 heavy (non-hydrogen) atoms. The second kappa shape index (κ2) is 7.40. The third-order valence-electron chi connectivity index (χ3n) is 4.71. The highest BCUT2D eigenvalue weighted by Gasteiger charge is 2.42. The number of fused-ring (bicyclic) bond motifs is 1. The first-order chi connectivity index (χ1) is 13.8. The van der Waals surface area contributed by atoms with Gasteiger partial charge in [-0.3, -0.25) is 19.8 Å². The van der Waals surface area contributed by atoms with E-state index in [2.05, 4.69) is 21.4 Å². The molecule has 0 aliphatic carbocycles. The monoisotopic (exact) mass is 487 g/mol. The number of nitrogens with zero attached hydrogens (tertiary/aromatic N) is 2. The SMILES string of the molecule is Cc1ccccc1C(=O)NN1C(=O)/C(=C2\C(=O)N(C)c3ccc(Br)cc32)SC1=S. The number of nitrogens with one attached hydrogen (secondary N) is 1. The number of benzene rings is 2. The minimum atomic E-state index is -0.522. The molecule has 0 atom stereocenters. The van der Waals surface area contributed by atoms with Crippen molar-refractivity contribution in [3.05, 3.63) is 68.5 Å². The lowest BCUT2D eigenvalue weighted by atomic mass is 10.1. The van der Waals surface area contributed by atoms with Gasteiger partial charge in [0.1, 0.15) is 0 Å². The Morgan fingerprint density at radius 3 is 2.59 bits per heavy atom. The summed E-state index contributed by atoms with van der Waals surface area (Å²) in [6.45, 7) is 1.81. The number of carbonyl (C=O) groups is 3. The number of halogens is 1. The Balaban J connectivity index is 1.71. The van der Waals surface area contributed by atoms with Gasteiger partial charge in [-0.15, -0.1) is 0 Å². The highest BCUT2D eigenvalue weighted by atomic mass is 79.9. The number of thiocarbonyl (C=S) groups is 1. The maximum absolute atomic E-state index is 13.1. The molecule has 2 aliphatic rings. The number of rotatable bonds is 2. The van der Waals surface area contributed by atoms with Gasteiger partial charge in [-0.2, -0.15) is 5.01 Å². The van der Waals surface area contributed by atoms with Crippen molar-refractivity contribution in [2.75, 3.05) is 11.9 Å². The van der Waals surface area contributed by atoms with Crippen LogP contribution in [0.25, 0.3) is 5.57 Å². The Morgan fingerprint density at radius 1 is 1.14 bits per heavy atom. The molecule has 0 aromatic heterocycles. The van der Waals surface area contributed by atoms with Gasteiger partial charge in [0.25, 0.3) is 17.7 Å². The average Bonchev–Trinajstić information content (AvgIpc) is 3.09. The number of thioether (sulfide) groups is 1. The Labute approximate surface area is 185 Å². The lowest BCUT2D eigenvalue weighted by Gasteiger charge is -2.16. The molecule has 1 saturated heterocycles. The minimum absolute atomic E-state index is 0.165. The molecule has 4 rings (SSSR count). The van der Waals surface area contributed by atoms with Gasteiger partial charge in [0.15, 0.2) is 4.32 Å². The van der Waals surface area contributed by atoms with Gasteiger partial charge in [-0.05, 0) is 49.0 Å². The van der Waals surface area contributed by atoms with Gasteiger partial charge >= 0.3 is 0 Å². The van der Waals surface area contributed by atoms with Gasteiger partial charge in [0, 0.05) is 22.6 Å². The van der Waals surface area contributed by atoms with E-state index >= 15 is 0 Å². The molecule has 0 saturated carbocycles. The first-order valence-electron chi connectivity index (χ1n) is 8.54. The van der Waals surface area contributed by atoms with E-state index in [1.807, 2.05) is 31.2 Å². The number of likely N-dealkylation sites (N-methyl/N-ethyl adjacent to an activating group) is 1. The summed E-state index contributed by atoms with van der Waals surface area (Å²) in [5, 5.41) is 1.03. The Bertz CT molecular complexity index is 1150. The number of carbonyl (C=O) groups excluding carboxylic acids is 3. The summed E-state index contributed by atoms with van der Waals surface area (Å²) in [5.41, 5.74) is 5.43. The van der Waals surface area contributed by atoms with E-state index in [-0.39, 0.29) is 20.7 Å². The summed E-state index contributed by atoms with van der Waals surface area (Å²) in [4.78, 5) is 40.2. The summed E-state index contributed by atoms with van der Waals surface area (Å²) in [6, 6.07) is 12.5. The van der Waals surface area contributed by atoms with Crippen LogP contribution in [0, 0.1) is 6.92 Å². The number of hydrogen-bond donors (Lipinski definition) is 1. The fourth-order valence-electron chi connectivity index (χ4n) is 3.22. The molecule has 9 heteroatoms. The number of hydrazine groups is 1. The summed E-state index contributed by atoms with van der Waals surface area (Å²) in [7, 11) is 1.66. The largest absolute Gasteiger partial charge is 0.311 e. The second-order valence-corrected chi connectivity index (χ2v) is 9.05. The lowest BCUT2D eigenvalue weighted by molar-refractivity contribution is -0.124. The Hall–Kier alpha value is -2.49. The molecule has 0 spiro atoms. The van der Waals surface area contributed by atoms with Crippen LogP contribution >= 0.6 is 39.9 Å². The normalized spacial score (nSPS) is 18.5. The number of hydrogen-bond acceptors (Lipinski definition) is 5. The highest BCUT2D eigenvalue weighted by Crippen LogP contribution is 2.44. The van der Waals surface area contributed by atoms with Crippen LogP contribution in [-0.4, -0.2) is 34.1 Å². The number of amides is 3. The Kier molecular flexibility index (Phi) is 5.05. The molecule has 146 valence electrons. The van der Waals surface area contributed by atoms with Gasteiger partial charge in [0.05, 0.1) is 16.2 Å². The van der Waals surface area contributed by atoms with Crippen molar-refractivity contribution in [1.29, 1.82) is 0 Å². The predicted molar refractivity (Wildman–Crippen MR) is 120 cm³/mol. The summed E-state index contributed by atoms with van der Waals surface area (Å²) >= 11 is 9.72. The second-order valence-electron chi connectivity index (χ2n) is 6.49. The van der Waals surface area contributed by atoms with Crippen LogP contribution in [0.2, 0.25) is 0 Å². The third-order valence-corrected chi connectivity index (χ3v) is 6.57. The lowest BCUT2D eigenvalue weighted by Crippen LogP contribution is -2.45. The highest BCUT2D eigenvalue weighted by molar-refractivity contribution is 9.10. The molecular formula is C20H14BrN3O3S2. The van der Waals surface area contributed by atoms with E-state index in [0.29, 0.717) is 16.8 Å². The van der Waals surface area contributed by atoms with Gasteiger partial charge in [-0.25, -0.2) is 0 Å². The summed E-state index contributed by atoms with van der Waals surface area (Å²) in [6.07, 6.45) is 0. The van der Waals surface area contributed by atoms with Crippen LogP contribution in [0.3, 0.4) is 0 Å². The molecular weight excluding hydrogens is 474 g/mol. The van der Waals surface area contributed by atoms with Crippen molar-refractivity contribution in [3.8, 4) is 0 Å². The van der Waals surface area contributed by atoms with Crippen molar-refractivity contribution in [3.63, 3.8) is 0 Å². The molecule has 6 nitrogen and oxygen atoms in total. The molecule has 1 fully saturated rings. The molecule has 3 amide bonds. The molecule has 1 N–H and O–H groups in total. The van der Waals surface area contributed by atoms with Crippen molar-refractivity contribution >= 4 is 73.2 Å². The first kappa shape index (κ1) is 19.8.